The Labute approximate surface area is 187 Å². The molecule has 0 unspecified atom stereocenters. The predicted molar refractivity (Wildman–Crippen MR) is 118 cm³/mol. The largest absolute Gasteiger partial charge is 0.573 e. The lowest BCUT2D eigenvalue weighted by molar-refractivity contribution is -0.274. The highest BCUT2D eigenvalue weighted by atomic mass is 19.4. The molecule has 0 bridgehead atoms. The van der Waals surface area contributed by atoms with Crippen molar-refractivity contribution in [1.82, 2.24) is 14.6 Å². The Morgan fingerprint density at radius 2 is 1.79 bits per heavy atom. The number of hydrogen-bond acceptors (Lipinski definition) is 6. The number of nitrogens with one attached hydrogen (secondary N) is 1. The zero-order valence-electron chi connectivity index (χ0n) is 17.4. The Bertz CT molecular complexity index is 1250. The van der Waals surface area contributed by atoms with Crippen molar-refractivity contribution < 1.29 is 22.6 Å². The number of hydrogen-bond donors (Lipinski definition) is 1. The van der Waals surface area contributed by atoms with Crippen LogP contribution in [0, 0.1) is 0 Å². The standard InChI is InChI=1S/C23H20F3N5O2/c24-23(25,26)33-19-3-1-2-16(14-19)20-15-27-31-9-8-21(29-22(20)31)28-17-4-6-18(7-5-17)30-10-12-32-13-11-30/h1-9,14-15H,10-13H2,(H,28,29). The van der Waals surface area contributed by atoms with Gasteiger partial charge in [-0.25, -0.2) is 9.50 Å². The minimum atomic E-state index is -4.76. The van der Waals surface area contributed by atoms with Gasteiger partial charge in [0.25, 0.3) is 0 Å². The normalized spacial score (nSPS) is 14.5. The number of aromatic nitrogens is 3. The Morgan fingerprint density at radius 3 is 2.55 bits per heavy atom. The second-order valence-corrected chi connectivity index (χ2v) is 7.49. The number of benzene rings is 2. The Kier molecular flexibility index (Phi) is 5.51. The van der Waals surface area contributed by atoms with Gasteiger partial charge in [-0.2, -0.15) is 5.10 Å². The molecule has 1 fully saturated rings. The van der Waals surface area contributed by atoms with E-state index in [0.717, 1.165) is 37.7 Å². The number of alkyl halides is 3. The van der Waals surface area contributed by atoms with Gasteiger partial charge in [0.2, 0.25) is 0 Å². The van der Waals surface area contributed by atoms with E-state index in [4.69, 9.17) is 4.74 Å². The number of fused-ring (bicyclic) bond motifs is 1. The molecule has 0 aliphatic carbocycles. The fraction of sp³-hybridized carbons (Fsp3) is 0.217. The lowest BCUT2D eigenvalue weighted by Crippen LogP contribution is -2.36. The van der Waals surface area contributed by atoms with Crippen LogP contribution in [0.3, 0.4) is 0 Å². The highest BCUT2D eigenvalue weighted by molar-refractivity contribution is 5.78. The second-order valence-electron chi connectivity index (χ2n) is 7.49. The van der Waals surface area contributed by atoms with Crippen LogP contribution >= 0.6 is 0 Å². The fourth-order valence-electron chi connectivity index (χ4n) is 3.73. The van der Waals surface area contributed by atoms with E-state index in [2.05, 4.69) is 25.0 Å². The van der Waals surface area contributed by atoms with Crippen LogP contribution < -0.4 is 15.0 Å². The summed E-state index contributed by atoms with van der Waals surface area (Å²) in [6.07, 6.45) is -1.45. The molecule has 33 heavy (non-hydrogen) atoms. The first-order valence-corrected chi connectivity index (χ1v) is 10.3. The molecule has 0 atom stereocenters. The van der Waals surface area contributed by atoms with Crippen molar-refractivity contribution in [1.29, 1.82) is 0 Å². The van der Waals surface area contributed by atoms with Gasteiger partial charge in [0, 0.05) is 36.2 Å². The molecule has 0 radical (unpaired) electrons. The predicted octanol–water partition coefficient (Wildman–Crippen LogP) is 4.88. The van der Waals surface area contributed by atoms with Crippen LogP contribution in [0.15, 0.2) is 67.0 Å². The number of anilines is 3. The van der Waals surface area contributed by atoms with Crippen LogP contribution in [-0.2, 0) is 4.74 Å². The Morgan fingerprint density at radius 1 is 1.00 bits per heavy atom. The fourth-order valence-corrected chi connectivity index (χ4v) is 3.73. The minimum absolute atomic E-state index is 0.297. The van der Waals surface area contributed by atoms with Crippen LogP contribution in [-0.4, -0.2) is 47.3 Å². The molecule has 3 heterocycles. The summed E-state index contributed by atoms with van der Waals surface area (Å²) >= 11 is 0. The van der Waals surface area contributed by atoms with E-state index in [1.165, 1.54) is 18.2 Å². The van der Waals surface area contributed by atoms with Crippen molar-refractivity contribution >= 4 is 22.8 Å². The van der Waals surface area contributed by atoms with Gasteiger partial charge in [-0.3, -0.25) is 0 Å². The SMILES string of the molecule is FC(F)(F)Oc1cccc(-c2cnn3ccc(Nc4ccc(N5CCOCC5)cc4)nc23)c1. The summed E-state index contributed by atoms with van der Waals surface area (Å²) in [6, 6.07) is 15.6. The Hall–Kier alpha value is -3.79. The summed E-state index contributed by atoms with van der Waals surface area (Å²) in [5, 5.41) is 7.53. The first-order valence-electron chi connectivity index (χ1n) is 10.3. The third-order valence-corrected chi connectivity index (χ3v) is 5.26. The van der Waals surface area contributed by atoms with Crippen LogP contribution in [0.2, 0.25) is 0 Å². The number of halogens is 3. The van der Waals surface area contributed by atoms with Crippen LogP contribution in [0.25, 0.3) is 16.8 Å². The maximum atomic E-state index is 12.6. The molecule has 2 aromatic carbocycles. The molecule has 7 nitrogen and oxygen atoms in total. The van der Waals surface area contributed by atoms with Gasteiger partial charge in [-0.1, -0.05) is 12.1 Å². The monoisotopic (exact) mass is 455 g/mol. The molecule has 0 amide bonds. The van der Waals surface area contributed by atoms with E-state index in [-0.39, 0.29) is 5.75 Å². The van der Waals surface area contributed by atoms with Gasteiger partial charge in [-0.05, 0) is 48.0 Å². The molecular weight excluding hydrogens is 435 g/mol. The van der Waals surface area contributed by atoms with Gasteiger partial charge >= 0.3 is 6.36 Å². The molecule has 1 aliphatic heterocycles. The molecule has 10 heteroatoms. The van der Waals surface area contributed by atoms with Crippen molar-refractivity contribution in [2.24, 2.45) is 0 Å². The van der Waals surface area contributed by atoms with Crippen LogP contribution in [0.4, 0.5) is 30.4 Å². The first-order chi connectivity index (χ1) is 15.9. The van der Waals surface area contributed by atoms with Crippen molar-refractivity contribution in [2.75, 3.05) is 36.5 Å². The first kappa shape index (κ1) is 21.1. The van der Waals surface area contributed by atoms with Crippen LogP contribution in [0.1, 0.15) is 0 Å². The molecule has 4 aromatic rings. The maximum absolute atomic E-state index is 12.6. The molecule has 0 spiro atoms. The smallest absolute Gasteiger partial charge is 0.406 e. The lowest BCUT2D eigenvalue weighted by atomic mass is 10.1. The zero-order chi connectivity index (χ0) is 22.8. The summed E-state index contributed by atoms with van der Waals surface area (Å²) in [5.74, 6) is 0.292. The molecule has 1 saturated heterocycles. The number of nitrogens with zero attached hydrogens (tertiary/aromatic N) is 4. The highest BCUT2D eigenvalue weighted by Gasteiger charge is 2.31. The average Bonchev–Trinajstić information content (AvgIpc) is 3.23. The van der Waals surface area contributed by atoms with Crippen molar-refractivity contribution in [3.05, 3.63) is 67.0 Å². The van der Waals surface area contributed by atoms with Crippen molar-refractivity contribution in [2.45, 2.75) is 6.36 Å². The van der Waals surface area contributed by atoms with E-state index in [0.29, 0.717) is 22.6 Å². The molecule has 5 rings (SSSR count). The van der Waals surface area contributed by atoms with Gasteiger partial charge in [-0.15, -0.1) is 13.2 Å². The van der Waals surface area contributed by atoms with E-state index in [1.54, 1.807) is 29.0 Å². The number of morpholine rings is 1. The van der Waals surface area contributed by atoms with Gasteiger partial charge in [0.15, 0.2) is 5.65 Å². The number of ether oxygens (including phenoxy) is 2. The Balaban J connectivity index is 1.38. The molecule has 2 aromatic heterocycles. The molecule has 170 valence electrons. The quantitative estimate of drug-likeness (QED) is 0.463. The maximum Gasteiger partial charge on any atom is 0.573 e. The van der Waals surface area contributed by atoms with Crippen LogP contribution in [0.5, 0.6) is 5.75 Å². The van der Waals surface area contributed by atoms with E-state index in [1.807, 2.05) is 24.3 Å². The van der Waals surface area contributed by atoms with Gasteiger partial charge in [0.05, 0.1) is 19.4 Å². The summed E-state index contributed by atoms with van der Waals surface area (Å²) in [5.41, 5.74) is 3.62. The van der Waals surface area contributed by atoms with Crippen molar-refractivity contribution in [3.63, 3.8) is 0 Å². The summed E-state index contributed by atoms with van der Waals surface area (Å²) < 4.78 is 48.8. The third kappa shape index (κ3) is 4.85. The second kappa shape index (κ2) is 8.62. The van der Waals surface area contributed by atoms with E-state index >= 15 is 0 Å². The minimum Gasteiger partial charge on any atom is -0.406 e. The van der Waals surface area contributed by atoms with E-state index < -0.39 is 6.36 Å². The van der Waals surface area contributed by atoms with Gasteiger partial charge in [0.1, 0.15) is 11.6 Å². The lowest BCUT2D eigenvalue weighted by Gasteiger charge is -2.28. The topological polar surface area (TPSA) is 63.9 Å². The number of rotatable bonds is 5. The molecular formula is C23H20F3N5O2. The summed E-state index contributed by atoms with van der Waals surface area (Å²) in [7, 11) is 0. The average molecular weight is 455 g/mol. The molecule has 1 N–H and O–H groups in total. The summed E-state index contributed by atoms with van der Waals surface area (Å²) in [6.45, 7) is 3.18. The summed E-state index contributed by atoms with van der Waals surface area (Å²) in [4.78, 5) is 6.89. The van der Waals surface area contributed by atoms with Gasteiger partial charge < -0.3 is 19.7 Å². The molecule has 0 saturated carbocycles. The molecule has 1 aliphatic rings. The van der Waals surface area contributed by atoms with Crippen molar-refractivity contribution in [3.8, 4) is 16.9 Å². The highest BCUT2D eigenvalue weighted by Crippen LogP contribution is 2.30. The third-order valence-electron chi connectivity index (χ3n) is 5.26. The van der Waals surface area contributed by atoms with E-state index in [9.17, 15) is 13.2 Å². The zero-order valence-corrected chi connectivity index (χ0v) is 17.4.